The van der Waals surface area contributed by atoms with Gasteiger partial charge in [0.15, 0.2) is 0 Å². The van der Waals surface area contributed by atoms with Crippen LogP contribution in [-0.2, 0) is 15.6 Å². The molecule has 4 N–H and O–H groups in total. The summed E-state index contributed by atoms with van der Waals surface area (Å²) in [6.07, 6.45) is 2.05. The van der Waals surface area contributed by atoms with Crippen LogP contribution < -0.4 is 10.9 Å². The topological polar surface area (TPSA) is 89.4 Å². The smallest absolute Gasteiger partial charge is 0.238 e. The van der Waals surface area contributed by atoms with Crippen molar-refractivity contribution in [2.75, 3.05) is 19.6 Å². The molecule has 3 saturated heterocycles. The van der Waals surface area contributed by atoms with Gasteiger partial charge in [-0.1, -0.05) is 18.2 Å². The van der Waals surface area contributed by atoms with Crippen LogP contribution in [-0.4, -0.2) is 33.0 Å². The first-order valence-corrected chi connectivity index (χ1v) is 8.09. The zero-order valence-corrected chi connectivity index (χ0v) is 11.6. The summed E-state index contributed by atoms with van der Waals surface area (Å²) in [5.41, 5.74) is 6.68. The Hall–Kier alpha value is -0.950. The van der Waals surface area contributed by atoms with Crippen LogP contribution >= 0.6 is 0 Å². The van der Waals surface area contributed by atoms with Crippen LogP contribution in [0.5, 0.6) is 0 Å². The van der Waals surface area contributed by atoms with Crippen LogP contribution in [0.4, 0.5) is 0 Å². The van der Waals surface area contributed by atoms with Gasteiger partial charge in [-0.05, 0) is 43.5 Å². The first-order valence-electron chi connectivity index (χ1n) is 6.55. The fraction of sp³-hybridized carbons (Fsp3) is 0.538. The van der Waals surface area contributed by atoms with Crippen molar-refractivity contribution in [1.29, 1.82) is 0 Å². The number of fused-ring (bicyclic) bond motifs is 3. The van der Waals surface area contributed by atoms with E-state index in [0.717, 1.165) is 25.9 Å². The number of piperidine rings is 3. The van der Waals surface area contributed by atoms with Gasteiger partial charge in [-0.15, -0.1) is 0 Å². The van der Waals surface area contributed by atoms with E-state index in [-0.39, 0.29) is 4.90 Å². The van der Waals surface area contributed by atoms with E-state index in [9.17, 15) is 8.42 Å². The zero-order valence-electron chi connectivity index (χ0n) is 10.7. The molecule has 19 heavy (non-hydrogen) atoms. The Morgan fingerprint density at radius 1 is 1.21 bits per heavy atom. The number of nitrogens with two attached hydrogens (primary N) is 2. The molecule has 0 radical (unpaired) electrons. The number of rotatable bonds is 2. The van der Waals surface area contributed by atoms with E-state index in [1.54, 1.807) is 12.1 Å². The highest BCUT2D eigenvalue weighted by atomic mass is 32.2. The predicted molar refractivity (Wildman–Crippen MR) is 72.8 cm³/mol. The quantitative estimate of drug-likeness (QED) is 0.811. The van der Waals surface area contributed by atoms with Crippen LogP contribution in [0.25, 0.3) is 0 Å². The minimum absolute atomic E-state index is 0.172. The molecule has 1 aromatic rings. The largest absolute Gasteiger partial charge is 0.320 e. The van der Waals surface area contributed by atoms with Gasteiger partial charge in [0.25, 0.3) is 0 Å². The number of benzene rings is 1. The fourth-order valence-corrected chi connectivity index (χ4v) is 4.34. The summed E-state index contributed by atoms with van der Waals surface area (Å²) < 4.78 is 23.5. The standard InChI is InChI=1S/C13H19N3O2S/c14-13(9-16-7-5-10(13)6-8-16)11-3-1-2-4-12(11)19(15,17)18/h1-4,10H,5-9,14H2,(H2,15,17,18). The fourth-order valence-electron chi connectivity index (χ4n) is 3.51. The minimum atomic E-state index is -3.74. The van der Waals surface area contributed by atoms with Crippen LogP contribution in [0.1, 0.15) is 18.4 Å². The van der Waals surface area contributed by atoms with Crippen molar-refractivity contribution >= 4 is 10.0 Å². The molecule has 4 rings (SSSR count). The first kappa shape index (κ1) is 13.1. The normalized spacial score (nSPS) is 34.4. The highest BCUT2D eigenvalue weighted by Crippen LogP contribution is 2.42. The summed E-state index contributed by atoms with van der Waals surface area (Å²) in [5.74, 6) is 0.334. The van der Waals surface area contributed by atoms with Gasteiger partial charge >= 0.3 is 0 Å². The highest BCUT2D eigenvalue weighted by Gasteiger charge is 2.46. The van der Waals surface area contributed by atoms with Crippen LogP contribution in [0.15, 0.2) is 29.2 Å². The molecule has 0 aliphatic carbocycles. The Bertz CT molecular complexity index is 594. The molecule has 104 valence electrons. The predicted octanol–water partition coefficient (Wildman–Crippen LogP) is 0.214. The Labute approximate surface area is 113 Å². The van der Waals surface area contributed by atoms with Crippen molar-refractivity contribution in [3.05, 3.63) is 29.8 Å². The molecule has 3 aliphatic rings. The van der Waals surface area contributed by atoms with Crippen LogP contribution in [0.2, 0.25) is 0 Å². The molecule has 1 unspecified atom stereocenters. The van der Waals surface area contributed by atoms with E-state index in [0.29, 0.717) is 18.0 Å². The molecule has 0 aromatic heterocycles. The lowest BCUT2D eigenvalue weighted by atomic mass is 9.70. The molecular formula is C13H19N3O2S. The number of hydrogen-bond donors (Lipinski definition) is 2. The van der Waals surface area contributed by atoms with Crippen molar-refractivity contribution in [3.63, 3.8) is 0 Å². The summed E-state index contributed by atoms with van der Waals surface area (Å²) in [5, 5.41) is 5.32. The number of sulfonamides is 1. The second-order valence-corrected chi connectivity index (χ2v) is 7.16. The first-order chi connectivity index (χ1) is 8.91. The molecule has 2 bridgehead atoms. The Kier molecular flexibility index (Phi) is 2.94. The lowest BCUT2D eigenvalue weighted by Crippen LogP contribution is -2.62. The van der Waals surface area contributed by atoms with E-state index in [4.69, 9.17) is 10.9 Å². The SMILES string of the molecule is NC1(c2ccccc2S(N)(=O)=O)CN2CCC1CC2. The van der Waals surface area contributed by atoms with Gasteiger partial charge < -0.3 is 10.6 Å². The molecule has 3 fully saturated rings. The molecular weight excluding hydrogens is 262 g/mol. The Morgan fingerprint density at radius 3 is 2.37 bits per heavy atom. The highest BCUT2D eigenvalue weighted by molar-refractivity contribution is 7.89. The Balaban J connectivity index is 2.12. The second-order valence-electron chi connectivity index (χ2n) is 5.63. The van der Waals surface area contributed by atoms with E-state index < -0.39 is 15.6 Å². The van der Waals surface area contributed by atoms with Gasteiger partial charge in [-0.25, -0.2) is 13.6 Å². The minimum Gasteiger partial charge on any atom is -0.320 e. The molecule has 0 amide bonds. The van der Waals surface area contributed by atoms with E-state index in [1.807, 2.05) is 12.1 Å². The third-order valence-electron chi connectivity index (χ3n) is 4.50. The van der Waals surface area contributed by atoms with Crippen molar-refractivity contribution < 1.29 is 8.42 Å². The van der Waals surface area contributed by atoms with Gasteiger partial charge in [0.2, 0.25) is 10.0 Å². The molecule has 0 saturated carbocycles. The summed E-state index contributed by atoms with van der Waals surface area (Å²) in [6.45, 7) is 2.83. The average Bonchev–Trinajstić information content (AvgIpc) is 2.39. The maximum atomic E-state index is 11.8. The second kappa shape index (κ2) is 4.28. The third kappa shape index (κ3) is 2.08. The monoisotopic (exact) mass is 281 g/mol. The maximum Gasteiger partial charge on any atom is 0.238 e. The van der Waals surface area contributed by atoms with Gasteiger partial charge in [0, 0.05) is 6.54 Å². The van der Waals surface area contributed by atoms with E-state index >= 15 is 0 Å². The van der Waals surface area contributed by atoms with Crippen LogP contribution in [0, 0.1) is 5.92 Å². The molecule has 1 atom stereocenters. The molecule has 0 spiro atoms. The van der Waals surface area contributed by atoms with E-state index in [2.05, 4.69) is 4.90 Å². The van der Waals surface area contributed by atoms with Crippen molar-refractivity contribution in [3.8, 4) is 0 Å². The molecule has 3 aliphatic heterocycles. The summed E-state index contributed by atoms with van der Waals surface area (Å²) >= 11 is 0. The lowest BCUT2D eigenvalue weighted by molar-refractivity contribution is 0.0252. The molecule has 3 heterocycles. The van der Waals surface area contributed by atoms with Crippen molar-refractivity contribution in [2.24, 2.45) is 16.8 Å². The summed E-state index contributed by atoms with van der Waals surface area (Å²) in [4.78, 5) is 2.48. The third-order valence-corrected chi connectivity index (χ3v) is 5.47. The number of nitrogens with zero attached hydrogens (tertiary/aromatic N) is 1. The van der Waals surface area contributed by atoms with E-state index in [1.165, 1.54) is 0 Å². The summed E-state index contributed by atoms with van der Waals surface area (Å²) in [7, 11) is -3.74. The number of primary sulfonamides is 1. The summed E-state index contributed by atoms with van der Waals surface area (Å²) in [6, 6.07) is 6.88. The Morgan fingerprint density at radius 2 is 1.84 bits per heavy atom. The van der Waals surface area contributed by atoms with Gasteiger partial charge in [-0.3, -0.25) is 0 Å². The average molecular weight is 281 g/mol. The molecule has 1 aromatic carbocycles. The lowest BCUT2D eigenvalue weighted by Gasteiger charge is -2.52. The van der Waals surface area contributed by atoms with Crippen molar-refractivity contribution in [2.45, 2.75) is 23.3 Å². The van der Waals surface area contributed by atoms with Gasteiger partial charge in [-0.2, -0.15) is 0 Å². The van der Waals surface area contributed by atoms with Crippen LogP contribution in [0.3, 0.4) is 0 Å². The number of hydrogen-bond acceptors (Lipinski definition) is 4. The van der Waals surface area contributed by atoms with Gasteiger partial charge in [0.05, 0.1) is 10.4 Å². The van der Waals surface area contributed by atoms with Crippen molar-refractivity contribution in [1.82, 2.24) is 4.90 Å². The maximum absolute atomic E-state index is 11.8. The zero-order chi connectivity index (χ0) is 13.7. The van der Waals surface area contributed by atoms with Gasteiger partial charge in [0.1, 0.15) is 0 Å². The molecule has 5 nitrogen and oxygen atoms in total. The molecule has 6 heteroatoms.